The summed E-state index contributed by atoms with van der Waals surface area (Å²) in [6.07, 6.45) is 3.63. The average Bonchev–Trinajstić information content (AvgIpc) is 2.47. The average molecular weight is 304 g/mol. The van der Waals surface area contributed by atoms with E-state index in [1.165, 1.54) is 9.01 Å². The zero-order valence-corrected chi connectivity index (χ0v) is 12.6. The number of nitrogens with zero attached hydrogens (tertiary/aromatic N) is 1. The summed E-state index contributed by atoms with van der Waals surface area (Å²) in [7, 11) is -1.28. The summed E-state index contributed by atoms with van der Waals surface area (Å²) in [5, 5.41) is 0. The minimum atomic E-state index is -1.28. The molecule has 0 radical (unpaired) electrons. The fraction of sp³-hybridized carbons (Fsp3) is 0.636. The van der Waals surface area contributed by atoms with Crippen LogP contribution in [0, 0.1) is 0 Å². The normalized spacial score (nSPS) is 18.5. The van der Waals surface area contributed by atoms with E-state index in [1.807, 2.05) is 0 Å². The van der Waals surface area contributed by atoms with Crippen molar-refractivity contribution in [2.75, 3.05) is 6.54 Å². The lowest BCUT2D eigenvalue weighted by molar-refractivity contribution is -0.138. The Balaban J connectivity index is 2.47. The second kappa shape index (κ2) is 5.27. The highest BCUT2D eigenvalue weighted by molar-refractivity contribution is 9.12. The minimum absolute atomic E-state index is 0.0254. The number of rotatable bonds is 4. The molecule has 2 amide bonds. The Morgan fingerprint density at radius 1 is 1.31 bits per heavy atom. The lowest BCUT2D eigenvalue weighted by Gasteiger charge is -2.16. The van der Waals surface area contributed by atoms with Crippen LogP contribution in [0.15, 0.2) is 10.2 Å². The molecule has 0 aromatic rings. The van der Waals surface area contributed by atoms with Gasteiger partial charge in [0.05, 0.1) is 8.07 Å². The number of carbonyl (C=O) groups is 2. The van der Waals surface area contributed by atoms with E-state index in [0.717, 1.165) is 6.42 Å². The lowest BCUT2D eigenvalue weighted by atomic mass is 10.4. The standard InChI is InChI=1S/C11H18BrNO2Si/c1-16(2,3)9(12)5-4-8-13-10(14)6-7-11(13)15/h5H,4,6-8H2,1-3H3. The number of hydrogen-bond acceptors (Lipinski definition) is 2. The molecule has 90 valence electrons. The van der Waals surface area contributed by atoms with Crippen LogP contribution < -0.4 is 0 Å². The molecule has 1 aliphatic rings. The Morgan fingerprint density at radius 2 is 1.81 bits per heavy atom. The van der Waals surface area contributed by atoms with Gasteiger partial charge in [0, 0.05) is 19.4 Å². The Morgan fingerprint density at radius 3 is 2.25 bits per heavy atom. The van der Waals surface area contributed by atoms with Crippen molar-refractivity contribution >= 4 is 35.8 Å². The maximum absolute atomic E-state index is 11.3. The summed E-state index contributed by atoms with van der Waals surface area (Å²) >= 11 is 3.57. The largest absolute Gasteiger partial charge is 0.282 e. The minimum Gasteiger partial charge on any atom is -0.282 e. The zero-order valence-electron chi connectivity index (χ0n) is 10.0. The molecule has 0 aromatic heterocycles. The van der Waals surface area contributed by atoms with Crippen molar-refractivity contribution in [3.8, 4) is 0 Å². The van der Waals surface area contributed by atoms with Crippen LogP contribution in [0.25, 0.3) is 0 Å². The van der Waals surface area contributed by atoms with Crippen LogP contribution >= 0.6 is 15.9 Å². The van der Waals surface area contributed by atoms with E-state index in [2.05, 4.69) is 41.6 Å². The summed E-state index contributed by atoms with van der Waals surface area (Å²) in [6.45, 7) is 7.27. The Kier molecular flexibility index (Phi) is 4.49. The highest BCUT2D eigenvalue weighted by Gasteiger charge is 2.27. The number of imide groups is 1. The summed E-state index contributed by atoms with van der Waals surface area (Å²) in [5.41, 5.74) is 0. The first-order valence-corrected chi connectivity index (χ1v) is 9.81. The third-order valence-corrected chi connectivity index (χ3v) is 8.08. The molecular formula is C11H18BrNO2Si. The van der Waals surface area contributed by atoms with Crippen LogP contribution in [-0.4, -0.2) is 31.3 Å². The molecule has 0 bridgehead atoms. The van der Waals surface area contributed by atoms with E-state index in [4.69, 9.17) is 0 Å². The molecule has 0 spiro atoms. The number of amides is 2. The van der Waals surface area contributed by atoms with E-state index < -0.39 is 8.07 Å². The molecule has 1 rings (SSSR count). The molecule has 5 heteroatoms. The molecule has 0 atom stereocenters. The highest BCUT2D eigenvalue weighted by Crippen LogP contribution is 2.21. The predicted molar refractivity (Wildman–Crippen MR) is 70.9 cm³/mol. The first-order valence-electron chi connectivity index (χ1n) is 5.51. The lowest BCUT2D eigenvalue weighted by Crippen LogP contribution is -2.30. The van der Waals surface area contributed by atoms with Crippen LogP contribution in [-0.2, 0) is 9.59 Å². The molecule has 16 heavy (non-hydrogen) atoms. The summed E-state index contributed by atoms with van der Waals surface area (Å²) in [5.74, 6) is -0.0509. The Hall–Kier alpha value is -0.423. The van der Waals surface area contributed by atoms with Crippen LogP contribution in [0.5, 0.6) is 0 Å². The Labute approximate surface area is 106 Å². The van der Waals surface area contributed by atoms with Gasteiger partial charge in [0.25, 0.3) is 0 Å². The van der Waals surface area contributed by atoms with Crippen LogP contribution in [0.4, 0.5) is 0 Å². The quantitative estimate of drug-likeness (QED) is 0.591. The van der Waals surface area contributed by atoms with Crippen LogP contribution in [0.1, 0.15) is 19.3 Å². The van der Waals surface area contributed by atoms with Gasteiger partial charge in [-0.1, -0.05) is 41.6 Å². The van der Waals surface area contributed by atoms with Crippen LogP contribution in [0.2, 0.25) is 19.6 Å². The van der Waals surface area contributed by atoms with Gasteiger partial charge in [-0.15, -0.1) is 0 Å². The summed E-state index contributed by atoms with van der Waals surface area (Å²) in [6, 6.07) is 0. The molecule has 1 fully saturated rings. The monoisotopic (exact) mass is 303 g/mol. The van der Waals surface area contributed by atoms with Crippen molar-refractivity contribution in [1.82, 2.24) is 4.90 Å². The second-order valence-electron chi connectivity index (χ2n) is 5.03. The molecule has 0 unspecified atom stereocenters. The second-order valence-corrected chi connectivity index (χ2v) is 11.7. The molecular weight excluding hydrogens is 286 g/mol. The first-order chi connectivity index (χ1) is 7.32. The smallest absolute Gasteiger partial charge is 0.229 e. The van der Waals surface area contributed by atoms with Crippen LogP contribution in [0.3, 0.4) is 0 Å². The van der Waals surface area contributed by atoms with E-state index >= 15 is 0 Å². The third kappa shape index (κ3) is 3.56. The van der Waals surface area contributed by atoms with Gasteiger partial charge in [-0.2, -0.15) is 0 Å². The maximum atomic E-state index is 11.3. The summed E-state index contributed by atoms with van der Waals surface area (Å²) < 4.78 is 1.25. The van der Waals surface area contributed by atoms with Gasteiger partial charge in [0.15, 0.2) is 0 Å². The highest BCUT2D eigenvalue weighted by atomic mass is 79.9. The molecule has 0 saturated carbocycles. The van der Waals surface area contributed by atoms with Gasteiger partial charge in [-0.25, -0.2) is 0 Å². The molecule has 3 nitrogen and oxygen atoms in total. The number of carbonyl (C=O) groups excluding carboxylic acids is 2. The van der Waals surface area contributed by atoms with E-state index in [0.29, 0.717) is 19.4 Å². The molecule has 0 aromatic carbocycles. The van der Waals surface area contributed by atoms with Crippen molar-refractivity contribution in [3.05, 3.63) is 10.2 Å². The first kappa shape index (κ1) is 13.6. The molecule has 1 heterocycles. The van der Waals surface area contributed by atoms with Gasteiger partial charge in [0.2, 0.25) is 11.8 Å². The SMILES string of the molecule is C[Si](C)(C)C(Br)=CCCN1C(=O)CCC1=O. The van der Waals surface area contributed by atoms with E-state index in [9.17, 15) is 9.59 Å². The van der Waals surface area contributed by atoms with Crippen molar-refractivity contribution in [1.29, 1.82) is 0 Å². The number of likely N-dealkylation sites (tertiary alicyclic amines) is 1. The molecule has 0 N–H and O–H groups in total. The predicted octanol–water partition coefficient (Wildman–Crippen LogP) is 2.68. The fourth-order valence-corrected chi connectivity index (χ4v) is 2.48. The maximum Gasteiger partial charge on any atom is 0.229 e. The van der Waals surface area contributed by atoms with E-state index in [-0.39, 0.29) is 11.8 Å². The van der Waals surface area contributed by atoms with E-state index in [1.54, 1.807) is 0 Å². The molecule has 1 aliphatic heterocycles. The van der Waals surface area contributed by atoms with Gasteiger partial charge >= 0.3 is 0 Å². The molecule has 0 aliphatic carbocycles. The van der Waals surface area contributed by atoms with Gasteiger partial charge in [0.1, 0.15) is 0 Å². The van der Waals surface area contributed by atoms with Gasteiger partial charge in [-0.05, 0) is 10.5 Å². The topological polar surface area (TPSA) is 37.4 Å². The van der Waals surface area contributed by atoms with Crippen molar-refractivity contribution in [2.24, 2.45) is 0 Å². The van der Waals surface area contributed by atoms with Crippen molar-refractivity contribution in [3.63, 3.8) is 0 Å². The Bertz CT molecular complexity index is 317. The van der Waals surface area contributed by atoms with Crippen molar-refractivity contribution in [2.45, 2.75) is 38.9 Å². The third-order valence-electron chi connectivity index (χ3n) is 2.55. The van der Waals surface area contributed by atoms with Gasteiger partial charge in [-0.3, -0.25) is 14.5 Å². The molecule has 1 saturated heterocycles. The zero-order chi connectivity index (χ0) is 12.3. The summed E-state index contributed by atoms with van der Waals surface area (Å²) in [4.78, 5) is 24.1. The van der Waals surface area contributed by atoms with Gasteiger partial charge < -0.3 is 0 Å². The number of hydrogen-bond donors (Lipinski definition) is 0. The fourth-order valence-electron chi connectivity index (χ4n) is 1.50. The van der Waals surface area contributed by atoms with Crippen molar-refractivity contribution < 1.29 is 9.59 Å². The number of halogens is 1.